The molecule has 6 heteroatoms. The normalized spacial score (nSPS) is 12.4. The molecular formula is C11H12BrN3OS. The number of ether oxygens (including phenoxy) is 1. The van der Waals surface area contributed by atoms with Crippen LogP contribution in [-0.4, -0.2) is 24.1 Å². The van der Waals surface area contributed by atoms with Gasteiger partial charge in [-0.3, -0.25) is 0 Å². The molecule has 2 aromatic heterocycles. The first-order chi connectivity index (χ1) is 8.26. The molecule has 2 rings (SSSR count). The monoisotopic (exact) mass is 313 g/mol. The third-order valence-electron chi connectivity index (χ3n) is 2.36. The molecule has 0 radical (unpaired) electrons. The zero-order valence-corrected chi connectivity index (χ0v) is 11.9. The predicted octanol–water partition coefficient (Wildman–Crippen LogP) is 2.62. The van der Waals surface area contributed by atoms with E-state index in [1.807, 2.05) is 24.6 Å². The van der Waals surface area contributed by atoms with Crippen LogP contribution in [0.4, 0.5) is 0 Å². The first-order valence-corrected chi connectivity index (χ1v) is 6.69. The van der Waals surface area contributed by atoms with E-state index in [0.717, 1.165) is 10.2 Å². The molecule has 0 aromatic carbocycles. The molecule has 0 bridgehead atoms. The largest absolute Gasteiger partial charge is 0.481 e. The van der Waals surface area contributed by atoms with Crippen molar-refractivity contribution in [3.05, 3.63) is 38.9 Å². The molecule has 0 fully saturated rings. The van der Waals surface area contributed by atoms with Gasteiger partial charge in [0.2, 0.25) is 5.88 Å². The summed E-state index contributed by atoms with van der Waals surface area (Å²) in [5.41, 5.74) is 0.891. The van der Waals surface area contributed by atoms with Crippen LogP contribution in [0.3, 0.4) is 0 Å². The van der Waals surface area contributed by atoms with Gasteiger partial charge in [0.25, 0.3) is 0 Å². The number of hydrogen-bond donors (Lipinski definition) is 1. The molecule has 0 aliphatic carbocycles. The third-order valence-corrected chi connectivity index (χ3v) is 4.30. The molecule has 2 heterocycles. The first-order valence-electron chi connectivity index (χ1n) is 5.02. The Bertz CT molecular complexity index is 503. The van der Waals surface area contributed by atoms with Crippen molar-refractivity contribution in [3.8, 4) is 5.88 Å². The minimum atomic E-state index is 0.0428. The zero-order chi connectivity index (χ0) is 12.3. The van der Waals surface area contributed by atoms with E-state index >= 15 is 0 Å². The number of rotatable bonds is 4. The van der Waals surface area contributed by atoms with Crippen LogP contribution in [0.1, 0.15) is 16.6 Å². The molecule has 0 aliphatic heterocycles. The van der Waals surface area contributed by atoms with Crippen molar-refractivity contribution >= 4 is 27.3 Å². The van der Waals surface area contributed by atoms with E-state index in [1.165, 1.54) is 11.2 Å². The maximum absolute atomic E-state index is 5.11. The van der Waals surface area contributed by atoms with E-state index in [1.54, 1.807) is 18.4 Å². The number of nitrogens with zero attached hydrogens (tertiary/aromatic N) is 2. The van der Waals surface area contributed by atoms with Crippen molar-refractivity contribution in [2.24, 2.45) is 0 Å². The maximum atomic E-state index is 5.11. The Hall–Kier alpha value is -0.980. The summed E-state index contributed by atoms with van der Waals surface area (Å²) >= 11 is 5.22. The lowest BCUT2D eigenvalue weighted by Crippen LogP contribution is -2.18. The van der Waals surface area contributed by atoms with Crippen LogP contribution in [0.2, 0.25) is 0 Å². The van der Waals surface area contributed by atoms with Crippen LogP contribution in [0.15, 0.2) is 28.3 Å². The van der Waals surface area contributed by atoms with E-state index in [4.69, 9.17) is 4.74 Å². The number of halogens is 1. The van der Waals surface area contributed by atoms with Gasteiger partial charge in [0, 0.05) is 15.4 Å². The molecule has 0 spiro atoms. The van der Waals surface area contributed by atoms with Gasteiger partial charge in [0.15, 0.2) is 0 Å². The molecule has 2 aromatic rings. The lowest BCUT2D eigenvalue weighted by molar-refractivity contribution is 0.395. The quantitative estimate of drug-likeness (QED) is 0.942. The standard InChI is InChI=1S/C11H12BrN3OS/c1-13-10(11-7(12)3-4-17-11)8-5-9(16-2)15-6-14-8/h3-6,10,13H,1-2H3. The fourth-order valence-electron chi connectivity index (χ4n) is 1.55. The van der Waals surface area contributed by atoms with E-state index in [9.17, 15) is 0 Å². The van der Waals surface area contributed by atoms with Gasteiger partial charge in [-0.2, -0.15) is 0 Å². The maximum Gasteiger partial charge on any atom is 0.216 e. The molecule has 0 aliphatic rings. The molecule has 17 heavy (non-hydrogen) atoms. The highest BCUT2D eigenvalue weighted by molar-refractivity contribution is 9.10. The summed E-state index contributed by atoms with van der Waals surface area (Å²) in [7, 11) is 3.51. The number of methoxy groups -OCH3 is 1. The van der Waals surface area contributed by atoms with Gasteiger partial charge in [0.1, 0.15) is 6.33 Å². The van der Waals surface area contributed by atoms with Crippen molar-refractivity contribution in [1.82, 2.24) is 15.3 Å². The average molecular weight is 314 g/mol. The fraction of sp³-hybridized carbons (Fsp3) is 0.273. The SMILES string of the molecule is CNC(c1cc(OC)ncn1)c1sccc1Br. The Kier molecular flexibility index (Phi) is 4.09. The summed E-state index contributed by atoms with van der Waals surface area (Å²) in [6.07, 6.45) is 1.51. The minimum absolute atomic E-state index is 0.0428. The van der Waals surface area contributed by atoms with Crippen molar-refractivity contribution in [1.29, 1.82) is 0 Å². The van der Waals surface area contributed by atoms with Gasteiger partial charge in [-0.05, 0) is 34.4 Å². The summed E-state index contributed by atoms with van der Waals surface area (Å²) < 4.78 is 6.19. The van der Waals surface area contributed by atoms with Crippen LogP contribution in [0.5, 0.6) is 5.88 Å². The molecule has 1 unspecified atom stereocenters. The summed E-state index contributed by atoms with van der Waals surface area (Å²) in [4.78, 5) is 9.48. The number of aromatic nitrogens is 2. The van der Waals surface area contributed by atoms with Crippen molar-refractivity contribution in [2.45, 2.75) is 6.04 Å². The number of thiophene rings is 1. The molecule has 0 saturated carbocycles. The number of hydrogen-bond acceptors (Lipinski definition) is 5. The molecule has 1 atom stereocenters. The Morgan fingerprint density at radius 3 is 2.88 bits per heavy atom. The topological polar surface area (TPSA) is 47.0 Å². The summed E-state index contributed by atoms with van der Waals surface area (Å²) in [5, 5.41) is 5.29. The second-order valence-corrected chi connectivity index (χ2v) is 5.14. The highest BCUT2D eigenvalue weighted by Crippen LogP contribution is 2.32. The summed E-state index contributed by atoms with van der Waals surface area (Å²) in [6, 6.07) is 3.91. The van der Waals surface area contributed by atoms with Crippen LogP contribution in [0, 0.1) is 0 Å². The van der Waals surface area contributed by atoms with E-state index in [-0.39, 0.29) is 6.04 Å². The van der Waals surface area contributed by atoms with Crippen LogP contribution in [0.25, 0.3) is 0 Å². The molecule has 90 valence electrons. The Morgan fingerprint density at radius 1 is 1.47 bits per heavy atom. The van der Waals surface area contributed by atoms with Crippen LogP contribution < -0.4 is 10.1 Å². The molecule has 4 nitrogen and oxygen atoms in total. The van der Waals surface area contributed by atoms with Gasteiger partial charge in [0.05, 0.1) is 18.8 Å². The van der Waals surface area contributed by atoms with Gasteiger partial charge >= 0.3 is 0 Å². The van der Waals surface area contributed by atoms with Crippen molar-refractivity contribution in [3.63, 3.8) is 0 Å². The minimum Gasteiger partial charge on any atom is -0.481 e. The van der Waals surface area contributed by atoms with Gasteiger partial charge in [-0.25, -0.2) is 9.97 Å². The highest BCUT2D eigenvalue weighted by Gasteiger charge is 2.18. The van der Waals surface area contributed by atoms with E-state index in [2.05, 4.69) is 31.2 Å². The van der Waals surface area contributed by atoms with E-state index < -0.39 is 0 Å². The van der Waals surface area contributed by atoms with Crippen molar-refractivity contribution < 1.29 is 4.74 Å². The molecule has 1 N–H and O–H groups in total. The lowest BCUT2D eigenvalue weighted by atomic mass is 10.1. The van der Waals surface area contributed by atoms with Gasteiger partial charge in [-0.15, -0.1) is 11.3 Å². The van der Waals surface area contributed by atoms with Gasteiger partial charge in [-0.1, -0.05) is 0 Å². The van der Waals surface area contributed by atoms with Crippen molar-refractivity contribution in [2.75, 3.05) is 14.2 Å². The van der Waals surface area contributed by atoms with Crippen LogP contribution in [-0.2, 0) is 0 Å². The summed E-state index contributed by atoms with van der Waals surface area (Å²) in [5.74, 6) is 0.572. The number of nitrogens with one attached hydrogen (secondary N) is 1. The fourth-order valence-corrected chi connectivity index (χ4v) is 3.27. The summed E-state index contributed by atoms with van der Waals surface area (Å²) in [6.45, 7) is 0. The Balaban J connectivity index is 2.38. The lowest BCUT2D eigenvalue weighted by Gasteiger charge is -2.15. The Labute approximate surface area is 112 Å². The van der Waals surface area contributed by atoms with Gasteiger partial charge < -0.3 is 10.1 Å². The predicted molar refractivity (Wildman–Crippen MR) is 71.5 cm³/mol. The average Bonchev–Trinajstić information content (AvgIpc) is 2.77. The van der Waals surface area contributed by atoms with Crippen LogP contribution >= 0.6 is 27.3 Å². The Morgan fingerprint density at radius 2 is 2.29 bits per heavy atom. The smallest absolute Gasteiger partial charge is 0.216 e. The second-order valence-electron chi connectivity index (χ2n) is 3.34. The highest BCUT2D eigenvalue weighted by atomic mass is 79.9. The van der Waals surface area contributed by atoms with E-state index in [0.29, 0.717) is 5.88 Å². The molecule has 0 amide bonds. The zero-order valence-electron chi connectivity index (χ0n) is 9.48. The second kappa shape index (κ2) is 5.57. The molecule has 0 saturated heterocycles. The molecular weight excluding hydrogens is 302 g/mol. The third kappa shape index (κ3) is 2.65. The first kappa shape index (κ1) is 12.5.